The summed E-state index contributed by atoms with van der Waals surface area (Å²) >= 11 is 1.61. The molecule has 0 aliphatic carbocycles. The highest BCUT2D eigenvalue weighted by molar-refractivity contribution is 7.98. The van der Waals surface area contributed by atoms with Crippen LogP contribution in [-0.4, -0.2) is 82.5 Å². The minimum Gasteiger partial charge on any atom is -0.455 e. The average Bonchev–Trinajstić information content (AvgIpc) is 3.35. The van der Waals surface area contributed by atoms with Gasteiger partial charge >= 0.3 is 0 Å². The normalized spacial score (nSPS) is 21.9. The van der Waals surface area contributed by atoms with Crippen molar-refractivity contribution in [2.75, 3.05) is 46.3 Å². The average molecular weight is 404 g/mol. The lowest BCUT2D eigenvalue weighted by Crippen LogP contribution is -2.55. The van der Waals surface area contributed by atoms with E-state index in [-0.39, 0.29) is 5.91 Å². The van der Waals surface area contributed by atoms with Gasteiger partial charge in [-0.2, -0.15) is 0 Å². The molecule has 2 aliphatic heterocycles. The smallest absolute Gasteiger partial charge is 0.289 e. The fourth-order valence-corrected chi connectivity index (χ4v) is 4.91. The van der Waals surface area contributed by atoms with Crippen LogP contribution >= 0.6 is 11.8 Å². The van der Waals surface area contributed by atoms with Gasteiger partial charge in [0.25, 0.3) is 5.91 Å². The summed E-state index contributed by atoms with van der Waals surface area (Å²) in [6.07, 6.45) is 6.24. The number of furan rings is 1. The van der Waals surface area contributed by atoms with E-state index in [4.69, 9.17) is 4.42 Å². The van der Waals surface area contributed by atoms with E-state index in [1.165, 1.54) is 19.4 Å². The monoisotopic (exact) mass is 403 g/mol. The molecule has 0 N–H and O–H groups in total. The van der Waals surface area contributed by atoms with Gasteiger partial charge in [0.2, 0.25) is 0 Å². The molecule has 152 valence electrons. The minimum absolute atomic E-state index is 0.00801. The molecule has 1 unspecified atom stereocenters. The quantitative estimate of drug-likeness (QED) is 0.713. The molecule has 2 aliphatic rings. The number of thioether (sulfide) groups is 1. The van der Waals surface area contributed by atoms with Crippen LogP contribution in [0.2, 0.25) is 0 Å². The van der Waals surface area contributed by atoms with E-state index in [0.717, 1.165) is 43.6 Å². The zero-order valence-electron chi connectivity index (χ0n) is 16.7. The minimum atomic E-state index is 0.00801. The number of piperazine rings is 1. The first-order chi connectivity index (χ1) is 13.6. The number of aryl methyl sites for hydroxylation is 1. The van der Waals surface area contributed by atoms with Crippen molar-refractivity contribution in [3.05, 3.63) is 36.0 Å². The Morgan fingerprint density at radius 3 is 2.75 bits per heavy atom. The predicted octanol–water partition coefficient (Wildman–Crippen LogP) is 2.16. The second-order valence-corrected chi connectivity index (χ2v) is 8.70. The molecule has 1 amide bonds. The maximum Gasteiger partial charge on any atom is 0.289 e. The lowest BCUT2D eigenvalue weighted by atomic mass is 10.0. The van der Waals surface area contributed by atoms with Crippen molar-refractivity contribution in [3.63, 3.8) is 0 Å². The number of nitrogens with zero attached hydrogens (tertiary/aromatic N) is 5. The Kier molecular flexibility index (Phi) is 6.08. The van der Waals surface area contributed by atoms with Gasteiger partial charge in [-0.1, -0.05) is 11.8 Å². The Bertz CT molecular complexity index is 796. The van der Waals surface area contributed by atoms with Crippen molar-refractivity contribution in [2.24, 2.45) is 7.05 Å². The Hall–Kier alpha value is -1.77. The lowest BCUT2D eigenvalue weighted by Gasteiger charge is -2.42. The zero-order valence-corrected chi connectivity index (χ0v) is 17.5. The van der Waals surface area contributed by atoms with Crippen molar-refractivity contribution in [3.8, 4) is 0 Å². The topological polar surface area (TPSA) is 57.8 Å². The summed E-state index contributed by atoms with van der Waals surface area (Å²) in [6.45, 7) is 5.80. The van der Waals surface area contributed by atoms with Crippen LogP contribution in [0.4, 0.5) is 0 Å². The van der Waals surface area contributed by atoms with E-state index >= 15 is 0 Å². The summed E-state index contributed by atoms with van der Waals surface area (Å²) in [5.41, 5.74) is 0. The Balaban J connectivity index is 1.28. The molecule has 4 heterocycles. The Morgan fingerprint density at radius 2 is 2.04 bits per heavy atom. The van der Waals surface area contributed by atoms with Gasteiger partial charge in [0.05, 0.1) is 5.75 Å². The molecule has 0 saturated carbocycles. The maximum atomic E-state index is 12.8. The van der Waals surface area contributed by atoms with Crippen LogP contribution in [0.15, 0.2) is 34.1 Å². The van der Waals surface area contributed by atoms with Crippen molar-refractivity contribution in [2.45, 2.75) is 29.8 Å². The largest absolute Gasteiger partial charge is 0.455 e. The van der Waals surface area contributed by atoms with E-state index in [9.17, 15) is 4.79 Å². The molecule has 0 radical (unpaired) electrons. The number of piperidine rings is 1. The van der Waals surface area contributed by atoms with E-state index in [0.29, 0.717) is 17.6 Å². The molecule has 1 atom stereocenters. The standard InChI is InChI=1S/C20H29N5O2S/c1-22-8-3-4-16(14-22)24-10-12-25(13-11-24)19(26)18-6-5-17(27-18)15-28-20-21-7-9-23(20)2/h5-7,9,16H,3-4,8,10-15H2,1-2H3. The van der Waals surface area contributed by atoms with Crippen LogP contribution in [0.1, 0.15) is 29.2 Å². The van der Waals surface area contributed by atoms with Gasteiger partial charge in [-0.25, -0.2) is 4.98 Å². The number of rotatable bonds is 5. The summed E-state index contributed by atoms with van der Waals surface area (Å²) in [7, 11) is 4.17. The van der Waals surface area contributed by atoms with Crippen LogP contribution in [0, 0.1) is 0 Å². The first-order valence-corrected chi connectivity index (χ1v) is 11.0. The van der Waals surface area contributed by atoms with E-state index in [1.54, 1.807) is 24.0 Å². The van der Waals surface area contributed by atoms with Crippen molar-refractivity contribution in [1.82, 2.24) is 24.3 Å². The molecular weight excluding hydrogens is 374 g/mol. The molecular formula is C20H29N5O2S. The molecule has 8 heteroatoms. The summed E-state index contributed by atoms with van der Waals surface area (Å²) < 4.78 is 7.80. The fourth-order valence-electron chi connectivity index (χ4n) is 4.08. The predicted molar refractivity (Wildman–Crippen MR) is 109 cm³/mol. The highest BCUT2D eigenvalue weighted by Crippen LogP contribution is 2.23. The third-order valence-corrected chi connectivity index (χ3v) is 6.79. The van der Waals surface area contributed by atoms with Gasteiger partial charge in [0.15, 0.2) is 10.9 Å². The maximum absolute atomic E-state index is 12.8. The zero-order chi connectivity index (χ0) is 19.5. The second-order valence-electron chi connectivity index (χ2n) is 7.76. The van der Waals surface area contributed by atoms with E-state index in [1.807, 2.05) is 28.8 Å². The van der Waals surface area contributed by atoms with Crippen molar-refractivity contribution >= 4 is 17.7 Å². The van der Waals surface area contributed by atoms with Gasteiger partial charge < -0.3 is 18.8 Å². The number of amides is 1. The number of hydrogen-bond donors (Lipinski definition) is 0. The molecule has 2 aromatic rings. The third kappa shape index (κ3) is 4.45. The van der Waals surface area contributed by atoms with Crippen LogP contribution in [-0.2, 0) is 12.8 Å². The number of carbonyl (C=O) groups excluding carboxylic acids is 1. The fraction of sp³-hybridized carbons (Fsp3) is 0.600. The molecule has 0 aromatic carbocycles. The molecule has 2 fully saturated rings. The van der Waals surface area contributed by atoms with Crippen molar-refractivity contribution < 1.29 is 9.21 Å². The summed E-state index contributed by atoms with van der Waals surface area (Å²) in [5.74, 6) is 1.93. The molecule has 2 saturated heterocycles. The van der Waals surface area contributed by atoms with Crippen LogP contribution < -0.4 is 0 Å². The summed E-state index contributed by atoms with van der Waals surface area (Å²) in [6, 6.07) is 4.34. The van der Waals surface area contributed by atoms with Crippen molar-refractivity contribution in [1.29, 1.82) is 0 Å². The number of carbonyl (C=O) groups is 1. The summed E-state index contributed by atoms with van der Waals surface area (Å²) in [4.78, 5) is 24.0. The first-order valence-electron chi connectivity index (χ1n) is 10.0. The number of hydrogen-bond acceptors (Lipinski definition) is 6. The highest BCUT2D eigenvalue weighted by Gasteiger charge is 2.29. The first kappa shape index (κ1) is 19.5. The van der Waals surface area contributed by atoms with Gasteiger partial charge in [0.1, 0.15) is 5.76 Å². The van der Waals surface area contributed by atoms with Gasteiger partial charge in [0, 0.05) is 58.2 Å². The molecule has 0 spiro atoms. The van der Waals surface area contributed by atoms with Crippen LogP contribution in [0.25, 0.3) is 0 Å². The number of likely N-dealkylation sites (tertiary alicyclic amines) is 1. The Labute approximate surface area is 170 Å². The summed E-state index contributed by atoms with van der Waals surface area (Å²) in [5, 5.41) is 0.939. The van der Waals surface area contributed by atoms with E-state index < -0.39 is 0 Å². The molecule has 28 heavy (non-hydrogen) atoms. The third-order valence-electron chi connectivity index (χ3n) is 5.71. The Morgan fingerprint density at radius 1 is 1.21 bits per heavy atom. The molecule has 2 aromatic heterocycles. The number of likely N-dealkylation sites (N-methyl/N-ethyl adjacent to an activating group) is 1. The highest BCUT2D eigenvalue weighted by atomic mass is 32.2. The number of imidazole rings is 1. The van der Waals surface area contributed by atoms with Crippen LogP contribution in [0.3, 0.4) is 0 Å². The molecule has 4 rings (SSSR count). The van der Waals surface area contributed by atoms with Gasteiger partial charge in [-0.3, -0.25) is 9.69 Å². The lowest BCUT2D eigenvalue weighted by molar-refractivity contribution is 0.0430. The number of aromatic nitrogens is 2. The van der Waals surface area contributed by atoms with Crippen LogP contribution in [0.5, 0.6) is 0 Å². The molecule has 0 bridgehead atoms. The molecule has 7 nitrogen and oxygen atoms in total. The SMILES string of the molecule is CN1CCCC(N2CCN(C(=O)c3ccc(CSc4nccn4C)o3)CC2)C1. The van der Waals surface area contributed by atoms with E-state index in [2.05, 4.69) is 21.8 Å². The van der Waals surface area contributed by atoms with Gasteiger partial charge in [-0.15, -0.1) is 0 Å². The second kappa shape index (κ2) is 8.71. The van der Waals surface area contributed by atoms with Gasteiger partial charge in [-0.05, 0) is 38.6 Å².